The lowest BCUT2D eigenvalue weighted by molar-refractivity contribution is 0.219. The molecule has 3 aromatic rings. The van der Waals surface area contributed by atoms with Gasteiger partial charge in [-0.1, -0.05) is 42.0 Å². The minimum Gasteiger partial charge on any atom is -0.384 e. The van der Waals surface area contributed by atoms with Gasteiger partial charge in [0, 0.05) is 17.1 Å². The summed E-state index contributed by atoms with van der Waals surface area (Å²) in [6.07, 6.45) is 1.13. The molecule has 1 unspecified atom stereocenters. The lowest BCUT2D eigenvalue weighted by Gasteiger charge is -2.15. The minimum atomic E-state index is -0.632. The lowest BCUT2D eigenvalue weighted by atomic mass is 9.96. The van der Waals surface area contributed by atoms with Gasteiger partial charge in [0.2, 0.25) is 0 Å². The third kappa shape index (κ3) is 2.30. The highest BCUT2D eigenvalue weighted by molar-refractivity contribution is 5.78. The van der Waals surface area contributed by atoms with Gasteiger partial charge in [-0.15, -0.1) is 0 Å². The number of aromatic nitrogens is 1. The maximum atomic E-state index is 10.6. The predicted octanol–water partition coefficient (Wildman–Crippen LogP) is 3.93. The first kappa shape index (κ1) is 12.8. The van der Waals surface area contributed by atoms with E-state index in [0.29, 0.717) is 0 Å². The summed E-state index contributed by atoms with van der Waals surface area (Å²) in [4.78, 5) is 4.42. The van der Waals surface area contributed by atoms with Crippen LogP contribution in [0, 0.1) is 13.8 Å². The average Bonchev–Trinajstić information content (AvgIpc) is 2.48. The van der Waals surface area contributed by atoms with Gasteiger partial charge in [0.05, 0.1) is 5.52 Å². The summed E-state index contributed by atoms with van der Waals surface area (Å²) in [7, 11) is 0. The van der Waals surface area contributed by atoms with E-state index in [-0.39, 0.29) is 0 Å². The van der Waals surface area contributed by atoms with E-state index >= 15 is 0 Å². The Morgan fingerprint density at radius 3 is 2.65 bits per heavy atom. The van der Waals surface area contributed by atoms with E-state index in [1.807, 2.05) is 56.3 Å². The van der Waals surface area contributed by atoms with Crippen molar-refractivity contribution < 1.29 is 5.11 Å². The predicted molar refractivity (Wildman–Crippen MR) is 81.7 cm³/mol. The van der Waals surface area contributed by atoms with Crippen LogP contribution in [0.15, 0.2) is 54.7 Å². The highest BCUT2D eigenvalue weighted by Crippen LogP contribution is 2.27. The lowest BCUT2D eigenvalue weighted by Crippen LogP contribution is -2.03. The number of hydrogen-bond acceptors (Lipinski definition) is 2. The van der Waals surface area contributed by atoms with Gasteiger partial charge in [-0.3, -0.25) is 4.98 Å². The zero-order chi connectivity index (χ0) is 14.1. The summed E-state index contributed by atoms with van der Waals surface area (Å²) in [6.45, 7) is 4.06. The molecule has 2 nitrogen and oxygen atoms in total. The molecule has 2 aromatic carbocycles. The summed E-state index contributed by atoms with van der Waals surface area (Å²) >= 11 is 0. The molecule has 0 fully saturated rings. The van der Waals surface area contributed by atoms with Gasteiger partial charge in [0.15, 0.2) is 0 Å². The Labute approximate surface area is 118 Å². The molecule has 2 heteroatoms. The molecule has 3 rings (SSSR count). The number of rotatable bonds is 2. The van der Waals surface area contributed by atoms with Crippen molar-refractivity contribution in [2.75, 3.05) is 0 Å². The number of fused-ring (bicyclic) bond motifs is 1. The van der Waals surface area contributed by atoms with Gasteiger partial charge >= 0.3 is 0 Å². The maximum absolute atomic E-state index is 10.6. The number of aliphatic hydroxyl groups excluding tert-OH is 1. The number of para-hydroxylation sites is 1. The van der Waals surface area contributed by atoms with E-state index in [1.165, 1.54) is 0 Å². The topological polar surface area (TPSA) is 33.1 Å². The van der Waals surface area contributed by atoms with Crippen LogP contribution in [0.3, 0.4) is 0 Å². The molecule has 1 N–H and O–H groups in total. The van der Waals surface area contributed by atoms with Gasteiger partial charge in [0.1, 0.15) is 6.10 Å². The van der Waals surface area contributed by atoms with Crippen LogP contribution < -0.4 is 0 Å². The van der Waals surface area contributed by atoms with Gasteiger partial charge in [-0.25, -0.2) is 0 Å². The van der Waals surface area contributed by atoms with E-state index in [0.717, 1.165) is 33.2 Å². The van der Waals surface area contributed by atoms with Crippen LogP contribution in [0.5, 0.6) is 0 Å². The second-order valence-corrected chi connectivity index (χ2v) is 5.22. The van der Waals surface area contributed by atoms with E-state index in [1.54, 1.807) is 6.20 Å². The number of benzene rings is 2. The van der Waals surface area contributed by atoms with Crippen molar-refractivity contribution in [1.82, 2.24) is 4.98 Å². The Hall–Kier alpha value is -2.19. The highest BCUT2D eigenvalue weighted by Gasteiger charge is 2.14. The monoisotopic (exact) mass is 263 g/mol. The quantitative estimate of drug-likeness (QED) is 0.760. The first-order valence-electron chi connectivity index (χ1n) is 6.75. The van der Waals surface area contributed by atoms with Crippen molar-refractivity contribution in [3.8, 4) is 0 Å². The second kappa shape index (κ2) is 5.06. The minimum absolute atomic E-state index is 0.632. The number of aliphatic hydroxyl groups is 1. The zero-order valence-corrected chi connectivity index (χ0v) is 11.7. The molecular formula is C18H17NO. The second-order valence-electron chi connectivity index (χ2n) is 5.22. The van der Waals surface area contributed by atoms with Crippen molar-refractivity contribution in [1.29, 1.82) is 0 Å². The average molecular weight is 263 g/mol. The standard InChI is InChI=1S/C18H17NO/c1-12-7-8-13(2)16(9-12)18(20)15-10-14-5-3-4-6-17(14)19-11-15/h3-11,18,20H,1-2H3. The molecule has 0 aliphatic heterocycles. The van der Waals surface area contributed by atoms with Gasteiger partial charge in [-0.2, -0.15) is 0 Å². The molecule has 0 amide bonds. The van der Waals surface area contributed by atoms with Gasteiger partial charge in [-0.05, 0) is 37.1 Å². The third-order valence-corrected chi connectivity index (χ3v) is 3.66. The molecule has 1 aromatic heterocycles. The summed E-state index contributed by atoms with van der Waals surface area (Å²) in [5.41, 5.74) is 4.97. The molecule has 0 spiro atoms. The molecule has 0 saturated carbocycles. The molecule has 20 heavy (non-hydrogen) atoms. The molecule has 0 radical (unpaired) electrons. The number of pyridine rings is 1. The highest BCUT2D eigenvalue weighted by atomic mass is 16.3. The van der Waals surface area contributed by atoms with E-state index in [4.69, 9.17) is 0 Å². The molecule has 100 valence electrons. The van der Waals surface area contributed by atoms with Gasteiger partial charge < -0.3 is 5.11 Å². The first-order chi connectivity index (χ1) is 9.65. The fraction of sp³-hybridized carbons (Fsp3) is 0.167. The van der Waals surface area contributed by atoms with E-state index in [9.17, 15) is 5.11 Å². The fourth-order valence-electron chi connectivity index (χ4n) is 2.47. The summed E-state index contributed by atoms with van der Waals surface area (Å²) < 4.78 is 0. The van der Waals surface area contributed by atoms with Crippen LogP contribution >= 0.6 is 0 Å². The molecule has 0 saturated heterocycles. The normalized spacial score (nSPS) is 12.6. The molecule has 0 aliphatic rings. The Morgan fingerprint density at radius 2 is 1.80 bits per heavy atom. The Morgan fingerprint density at radius 1 is 1.00 bits per heavy atom. The summed E-state index contributed by atoms with van der Waals surface area (Å²) in [5.74, 6) is 0. The Balaban J connectivity index is 2.07. The van der Waals surface area contributed by atoms with Crippen molar-refractivity contribution >= 4 is 10.9 Å². The molecule has 1 heterocycles. The van der Waals surface area contributed by atoms with Crippen molar-refractivity contribution in [2.45, 2.75) is 20.0 Å². The molecule has 0 bridgehead atoms. The maximum Gasteiger partial charge on any atom is 0.106 e. The largest absolute Gasteiger partial charge is 0.384 e. The SMILES string of the molecule is Cc1ccc(C)c(C(O)c2cnc3ccccc3c2)c1. The Bertz CT molecular complexity index is 764. The van der Waals surface area contributed by atoms with Crippen LogP contribution in [0.2, 0.25) is 0 Å². The van der Waals surface area contributed by atoms with E-state index in [2.05, 4.69) is 11.1 Å². The van der Waals surface area contributed by atoms with Crippen molar-refractivity contribution in [3.63, 3.8) is 0 Å². The van der Waals surface area contributed by atoms with Crippen molar-refractivity contribution in [3.05, 3.63) is 77.0 Å². The summed E-state index contributed by atoms with van der Waals surface area (Å²) in [5, 5.41) is 11.7. The number of hydrogen-bond donors (Lipinski definition) is 1. The van der Waals surface area contributed by atoms with Crippen LogP contribution in [0.25, 0.3) is 10.9 Å². The third-order valence-electron chi connectivity index (χ3n) is 3.66. The molecular weight excluding hydrogens is 246 g/mol. The fourth-order valence-corrected chi connectivity index (χ4v) is 2.47. The van der Waals surface area contributed by atoms with Crippen LogP contribution in [0.1, 0.15) is 28.4 Å². The first-order valence-corrected chi connectivity index (χ1v) is 6.75. The van der Waals surface area contributed by atoms with Gasteiger partial charge in [0.25, 0.3) is 0 Å². The Kier molecular flexibility index (Phi) is 3.25. The van der Waals surface area contributed by atoms with E-state index < -0.39 is 6.10 Å². The number of nitrogens with zero attached hydrogens (tertiary/aromatic N) is 1. The zero-order valence-electron chi connectivity index (χ0n) is 11.7. The van der Waals surface area contributed by atoms with Crippen LogP contribution in [-0.4, -0.2) is 10.1 Å². The molecule has 0 aliphatic carbocycles. The summed E-state index contributed by atoms with van der Waals surface area (Å²) in [6, 6.07) is 16.1. The van der Waals surface area contributed by atoms with Crippen LogP contribution in [-0.2, 0) is 0 Å². The van der Waals surface area contributed by atoms with Crippen LogP contribution in [0.4, 0.5) is 0 Å². The van der Waals surface area contributed by atoms with Crippen molar-refractivity contribution in [2.24, 2.45) is 0 Å². The number of aryl methyl sites for hydroxylation is 2. The molecule has 1 atom stereocenters. The smallest absolute Gasteiger partial charge is 0.106 e.